The Balaban J connectivity index is 2.43. The van der Waals surface area contributed by atoms with Crippen molar-refractivity contribution in [3.8, 4) is 0 Å². The second kappa shape index (κ2) is 5.17. The number of piperidine rings is 1. The third kappa shape index (κ3) is 2.85. The number of nitrogens with zero attached hydrogens (tertiary/aromatic N) is 2. The topological polar surface area (TPSA) is 75.6 Å². The summed E-state index contributed by atoms with van der Waals surface area (Å²) in [6.45, 7) is 3.06. The van der Waals surface area contributed by atoms with Gasteiger partial charge in [0.25, 0.3) is 0 Å². The number of rotatable bonds is 3. The monoisotopic (exact) mass is 200 g/mol. The number of urea groups is 1. The van der Waals surface area contributed by atoms with Crippen molar-refractivity contribution in [3.05, 3.63) is 0 Å². The molecule has 0 spiro atoms. The predicted molar refractivity (Wildman–Crippen MR) is 55.9 cm³/mol. The molecule has 5 heteroatoms. The summed E-state index contributed by atoms with van der Waals surface area (Å²) in [5.41, 5.74) is 10.7. The Kier molecular flexibility index (Phi) is 4.16. The van der Waals surface area contributed by atoms with Crippen molar-refractivity contribution in [2.24, 2.45) is 11.5 Å². The van der Waals surface area contributed by atoms with Crippen molar-refractivity contribution in [1.29, 1.82) is 0 Å². The smallest absolute Gasteiger partial charge is 0.314 e. The summed E-state index contributed by atoms with van der Waals surface area (Å²) in [7, 11) is 2.04. The van der Waals surface area contributed by atoms with E-state index in [1.807, 2.05) is 7.05 Å². The SMILES string of the molecule is CN(CCN)C1CCCN(C(N)=O)C1. The molecule has 5 nitrogen and oxygen atoms in total. The van der Waals surface area contributed by atoms with E-state index in [-0.39, 0.29) is 6.03 Å². The number of carbonyl (C=O) groups is 1. The Hall–Kier alpha value is -0.810. The Morgan fingerprint density at radius 2 is 2.36 bits per heavy atom. The van der Waals surface area contributed by atoms with E-state index in [4.69, 9.17) is 11.5 Å². The average Bonchev–Trinajstić information content (AvgIpc) is 2.18. The maximum Gasteiger partial charge on any atom is 0.314 e. The predicted octanol–water partition coefficient (Wildman–Crippen LogP) is -0.580. The van der Waals surface area contributed by atoms with Crippen LogP contribution in [0.2, 0.25) is 0 Å². The minimum Gasteiger partial charge on any atom is -0.351 e. The summed E-state index contributed by atoms with van der Waals surface area (Å²) in [5, 5.41) is 0. The first-order valence-corrected chi connectivity index (χ1v) is 5.10. The van der Waals surface area contributed by atoms with Crippen molar-refractivity contribution in [3.63, 3.8) is 0 Å². The minimum atomic E-state index is -0.309. The molecule has 0 aromatic rings. The molecule has 1 aliphatic heterocycles. The lowest BCUT2D eigenvalue weighted by Gasteiger charge is -2.36. The fourth-order valence-corrected chi connectivity index (χ4v) is 1.90. The van der Waals surface area contributed by atoms with Gasteiger partial charge in [-0.3, -0.25) is 0 Å². The van der Waals surface area contributed by atoms with Crippen LogP contribution in [0.3, 0.4) is 0 Å². The van der Waals surface area contributed by atoms with E-state index in [0.717, 1.165) is 32.5 Å². The van der Waals surface area contributed by atoms with Crippen molar-refractivity contribution in [2.75, 3.05) is 33.2 Å². The first-order valence-electron chi connectivity index (χ1n) is 5.10. The van der Waals surface area contributed by atoms with E-state index in [1.54, 1.807) is 4.90 Å². The molecule has 1 aliphatic rings. The maximum absolute atomic E-state index is 11.0. The van der Waals surface area contributed by atoms with Gasteiger partial charge in [0, 0.05) is 32.2 Å². The van der Waals surface area contributed by atoms with Gasteiger partial charge < -0.3 is 21.3 Å². The molecule has 0 saturated carbocycles. The van der Waals surface area contributed by atoms with E-state index < -0.39 is 0 Å². The number of primary amides is 1. The van der Waals surface area contributed by atoms with Gasteiger partial charge in [0.05, 0.1) is 0 Å². The van der Waals surface area contributed by atoms with Crippen LogP contribution in [0.15, 0.2) is 0 Å². The van der Waals surface area contributed by atoms with Crippen LogP contribution in [0.4, 0.5) is 4.79 Å². The third-order valence-electron chi connectivity index (χ3n) is 2.81. The number of hydrogen-bond donors (Lipinski definition) is 2. The van der Waals surface area contributed by atoms with Gasteiger partial charge in [0.2, 0.25) is 0 Å². The molecule has 0 aromatic carbocycles. The van der Waals surface area contributed by atoms with Crippen molar-refractivity contribution >= 4 is 6.03 Å². The molecule has 0 aliphatic carbocycles. The average molecular weight is 200 g/mol. The molecular formula is C9H20N4O. The van der Waals surface area contributed by atoms with Gasteiger partial charge in [-0.1, -0.05) is 0 Å². The minimum absolute atomic E-state index is 0.309. The lowest BCUT2D eigenvalue weighted by atomic mass is 10.0. The van der Waals surface area contributed by atoms with E-state index in [0.29, 0.717) is 12.6 Å². The van der Waals surface area contributed by atoms with Crippen LogP contribution in [0.1, 0.15) is 12.8 Å². The highest BCUT2D eigenvalue weighted by Crippen LogP contribution is 2.13. The van der Waals surface area contributed by atoms with Gasteiger partial charge in [0.1, 0.15) is 0 Å². The van der Waals surface area contributed by atoms with Crippen LogP contribution in [0, 0.1) is 0 Å². The molecule has 0 aromatic heterocycles. The number of nitrogens with two attached hydrogens (primary N) is 2. The van der Waals surface area contributed by atoms with E-state index in [2.05, 4.69) is 4.90 Å². The Morgan fingerprint density at radius 3 is 2.93 bits per heavy atom. The van der Waals surface area contributed by atoms with Crippen LogP contribution >= 0.6 is 0 Å². The zero-order chi connectivity index (χ0) is 10.6. The number of likely N-dealkylation sites (tertiary alicyclic amines) is 1. The maximum atomic E-state index is 11.0. The number of hydrogen-bond acceptors (Lipinski definition) is 3. The molecule has 1 unspecified atom stereocenters. The zero-order valence-corrected chi connectivity index (χ0v) is 8.78. The van der Waals surface area contributed by atoms with Crippen LogP contribution < -0.4 is 11.5 Å². The second-order valence-corrected chi connectivity index (χ2v) is 3.85. The molecule has 4 N–H and O–H groups in total. The van der Waals surface area contributed by atoms with Gasteiger partial charge >= 0.3 is 6.03 Å². The molecular weight excluding hydrogens is 180 g/mol. The van der Waals surface area contributed by atoms with Crippen LogP contribution in [-0.2, 0) is 0 Å². The summed E-state index contributed by atoms with van der Waals surface area (Å²) in [6.07, 6.45) is 2.16. The summed E-state index contributed by atoms with van der Waals surface area (Å²) in [4.78, 5) is 14.9. The Bertz CT molecular complexity index is 197. The first kappa shape index (κ1) is 11.3. The van der Waals surface area contributed by atoms with E-state index in [1.165, 1.54) is 0 Å². The number of carbonyl (C=O) groups excluding carboxylic acids is 1. The summed E-state index contributed by atoms with van der Waals surface area (Å²) in [6, 6.07) is 0.107. The molecule has 1 fully saturated rings. The summed E-state index contributed by atoms with van der Waals surface area (Å²) >= 11 is 0. The zero-order valence-electron chi connectivity index (χ0n) is 8.78. The van der Waals surface area contributed by atoms with Crippen LogP contribution in [-0.4, -0.2) is 55.1 Å². The lowest BCUT2D eigenvalue weighted by molar-refractivity contribution is 0.132. The highest BCUT2D eigenvalue weighted by atomic mass is 16.2. The fourth-order valence-electron chi connectivity index (χ4n) is 1.90. The normalized spacial score (nSPS) is 22.8. The molecule has 1 saturated heterocycles. The molecule has 1 rings (SSSR count). The Morgan fingerprint density at radius 1 is 1.64 bits per heavy atom. The largest absolute Gasteiger partial charge is 0.351 e. The second-order valence-electron chi connectivity index (χ2n) is 3.85. The van der Waals surface area contributed by atoms with Crippen molar-refractivity contribution in [1.82, 2.24) is 9.80 Å². The molecule has 2 amide bonds. The van der Waals surface area contributed by atoms with Gasteiger partial charge in [-0.25, -0.2) is 4.79 Å². The standard InChI is InChI=1S/C9H20N4O/c1-12(6-4-10)8-3-2-5-13(7-8)9(11)14/h8H,2-7,10H2,1H3,(H2,11,14). The summed E-state index contributed by atoms with van der Waals surface area (Å²) in [5.74, 6) is 0. The molecule has 0 bridgehead atoms. The van der Waals surface area contributed by atoms with E-state index >= 15 is 0 Å². The van der Waals surface area contributed by atoms with Gasteiger partial charge in [0.15, 0.2) is 0 Å². The van der Waals surface area contributed by atoms with Crippen molar-refractivity contribution < 1.29 is 4.79 Å². The molecule has 1 heterocycles. The van der Waals surface area contributed by atoms with Gasteiger partial charge in [-0.2, -0.15) is 0 Å². The lowest BCUT2D eigenvalue weighted by Crippen LogP contribution is -2.51. The highest BCUT2D eigenvalue weighted by molar-refractivity contribution is 5.72. The van der Waals surface area contributed by atoms with Crippen molar-refractivity contribution in [2.45, 2.75) is 18.9 Å². The third-order valence-corrected chi connectivity index (χ3v) is 2.81. The molecule has 0 radical (unpaired) electrons. The van der Waals surface area contributed by atoms with Crippen LogP contribution in [0.5, 0.6) is 0 Å². The van der Waals surface area contributed by atoms with Gasteiger partial charge in [-0.15, -0.1) is 0 Å². The molecule has 1 atom stereocenters. The molecule has 82 valence electrons. The van der Waals surface area contributed by atoms with E-state index in [9.17, 15) is 4.79 Å². The van der Waals surface area contributed by atoms with Crippen LogP contribution in [0.25, 0.3) is 0 Å². The summed E-state index contributed by atoms with van der Waals surface area (Å²) < 4.78 is 0. The quantitative estimate of drug-likeness (QED) is 0.640. The number of amides is 2. The Labute approximate surface area is 85.0 Å². The first-order chi connectivity index (χ1) is 6.65. The molecule has 14 heavy (non-hydrogen) atoms. The fraction of sp³-hybridized carbons (Fsp3) is 0.889. The number of likely N-dealkylation sites (N-methyl/N-ethyl adjacent to an activating group) is 1. The van der Waals surface area contributed by atoms with Gasteiger partial charge in [-0.05, 0) is 19.9 Å². The highest BCUT2D eigenvalue weighted by Gasteiger charge is 2.24.